The highest BCUT2D eigenvalue weighted by atomic mass is 32.2. The molecule has 0 saturated heterocycles. The van der Waals surface area contributed by atoms with E-state index in [1.165, 1.54) is 19.2 Å². The summed E-state index contributed by atoms with van der Waals surface area (Å²) in [6.45, 7) is 0. The Balaban J connectivity index is 1.71. The molecule has 0 aliphatic rings. The summed E-state index contributed by atoms with van der Waals surface area (Å²) >= 11 is 0. The molecule has 32 heavy (non-hydrogen) atoms. The van der Waals surface area contributed by atoms with Crippen LogP contribution in [0.25, 0.3) is 10.9 Å². The fraction of sp³-hybridized carbons (Fsp3) is 0.136. The Morgan fingerprint density at radius 2 is 1.91 bits per heavy atom. The number of carbonyl (C=O) groups is 1. The summed E-state index contributed by atoms with van der Waals surface area (Å²) in [7, 11) is -2.51. The molecular formula is C22H20N4O5S. The van der Waals surface area contributed by atoms with E-state index in [4.69, 9.17) is 9.84 Å². The van der Waals surface area contributed by atoms with Crippen LogP contribution in [0.5, 0.6) is 5.75 Å². The van der Waals surface area contributed by atoms with Gasteiger partial charge in [0.15, 0.2) is 0 Å². The zero-order valence-corrected chi connectivity index (χ0v) is 17.9. The standard InChI is InChI=1S/C22H20N4O5S/c1-31-17-6-10-21-19(13-17)20(9-11-22(27)28)25-26(21)32(29,30)18-7-4-15(5-8-18)24-16-3-2-12-23-14-16/h2-8,10,12-14,24H,9,11H2,1H3,(H,27,28). The van der Waals surface area contributed by atoms with Crippen LogP contribution < -0.4 is 10.1 Å². The van der Waals surface area contributed by atoms with Gasteiger partial charge in [-0.05, 0) is 54.6 Å². The fourth-order valence-corrected chi connectivity index (χ4v) is 4.57. The molecular weight excluding hydrogens is 432 g/mol. The number of hydrogen-bond donors (Lipinski definition) is 2. The van der Waals surface area contributed by atoms with E-state index in [1.54, 1.807) is 48.8 Å². The molecule has 2 heterocycles. The van der Waals surface area contributed by atoms with Crippen molar-refractivity contribution in [1.82, 2.24) is 14.2 Å². The number of carboxylic acids is 1. The number of fused-ring (bicyclic) bond motifs is 1. The number of aliphatic carboxylic acids is 1. The van der Waals surface area contributed by atoms with Crippen molar-refractivity contribution in [3.63, 3.8) is 0 Å². The first-order chi connectivity index (χ1) is 15.4. The third kappa shape index (κ3) is 4.26. The van der Waals surface area contributed by atoms with E-state index in [0.717, 1.165) is 9.77 Å². The molecule has 0 aliphatic heterocycles. The molecule has 0 saturated carbocycles. The van der Waals surface area contributed by atoms with E-state index >= 15 is 0 Å². The lowest BCUT2D eigenvalue weighted by molar-refractivity contribution is -0.136. The number of benzene rings is 2. The molecule has 0 bridgehead atoms. The van der Waals surface area contributed by atoms with Gasteiger partial charge in [-0.1, -0.05) is 0 Å². The summed E-state index contributed by atoms with van der Waals surface area (Å²) in [6.07, 6.45) is 3.25. The van der Waals surface area contributed by atoms with Gasteiger partial charge in [-0.25, -0.2) is 0 Å². The number of aromatic nitrogens is 3. The lowest BCUT2D eigenvalue weighted by atomic mass is 10.1. The molecule has 0 amide bonds. The van der Waals surface area contributed by atoms with Gasteiger partial charge in [0.25, 0.3) is 10.0 Å². The number of anilines is 2. The molecule has 2 aromatic carbocycles. The average molecular weight is 452 g/mol. The van der Waals surface area contributed by atoms with Crippen LogP contribution in [-0.4, -0.2) is 40.8 Å². The molecule has 0 fully saturated rings. The molecule has 4 rings (SSSR count). The maximum atomic E-state index is 13.3. The number of nitrogens with zero attached hydrogens (tertiary/aromatic N) is 3. The summed E-state index contributed by atoms with van der Waals surface area (Å²) < 4.78 is 32.9. The van der Waals surface area contributed by atoms with Gasteiger partial charge in [-0.2, -0.15) is 17.6 Å². The first-order valence-electron chi connectivity index (χ1n) is 9.68. The minimum atomic E-state index is -4.02. The highest BCUT2D eigenvalue weighted by Crippen LogP contribution is 2.28. The molecule has 0 atom stereocenters. The smallest absolute Gasteiger partial charge is 0.303 e. The highest BCUT2D eigenvalue weighted by Gasteiger charge is 2.23. The second-order valence-electron chi connectivity index (χ2n) is 6.96. The quantitative estimate of drug-likeness (QED) is 0.417. The number of hydrogen-bond acceptors (Lipinski definition) is 7. The van der Waals surface area contributed by atoms with Crippen LogP contribution in [0.15, 0.2) is 71.9 Å². The number of aryl methyl sites for hydroxylation is 1. The Morgan fingerprint density at radius 1 is 1.12 bits per heavy atom. The Morgan fingerprint density at radius 3 is 2.56 bits per heavy atom. The van der Waals surface area contributed by atoms with Crippen LogP contribution in [0.3, 0.4) is 0 Å². The van der Waals surface area contributed by atoms with Crippen molar-refractivity contribution in [1.29, 1.82) is 0 Å². The zero-order valence-electron chi connectivity index (χ0n) is 17.1. The Hall–Kier alpha value is -3.92. The van der Waals surface area contributed by atoms with Crippen LogP contribution in [0.4, 0.5) is 11.4 Å². The minimum Gasteiger partial charge on any atom is -0.497 e. The molecule has 2 N–H and O–H groups in total. The number of methoxy groups -OCH3 is 1. The Bertz CT molecular complexity index is 1370. The maximum Gasteiger partial charge on any atom is 0.303 e. The van der Waals surface area contributed by atoms with E-state index in [0.29, 0.717) is 28.0 Å². The van der Waals surface area contributed by atoms with Gasteiger partial charge in [-0.3, -0.25) is 9.78 Å². The van der Waals surface area contributed by atoms with Crippen molar-refractivity contribution in [3.8, 4) is 5.75 Å². The van der Waals surface area contributed by atoms with Crippen molar-refractivity contribution < 1.29 is 23.1 Å². The third-order valence-corrected chi connectivity index (χ3v) is 6.44. The zero-order chi connectivity index (χ0) is 22.7. The van der Waals surface area contributed by atoms with E-state index in [-0.39, 0.29) is 17.7 Å². The molecule has 4 aromatic rings. The van der Waals surface area contributed by atoms with Crippen molar-refractivity contribution >= 4 is 38.3 Å². The lowest BCUT2D eigenvalue weighted by Crippen LogP contribution is -2.15. The first kappa shape index (κ1) is 21.3. The molecule has 0 unspecified atom stereocenters. The first-order valence-corrected chi connectivity index (χ1v) is 11.1. The van der Waals surface area contributed by atoms with Gasteiger partial charge in [0.2, 0.25) is 0 Å². The average Bonchev–Trinajstić information content (AvgIpc) is 3.17. The van der Waals surface area contributed by atoms with Gasteiger partial charge < -0.3 is 15.2 Å². The molecule has 2 aromatic heterocycles. The molecule has 0 radical (unpaired) electrons. The summed E-state index contributed by atoms with van der Waals surface area (Å²) in [5, 5.41) is 17.0. The van der Waals surface area contributed by atoms with Crippen molar-refractivity contribution in [2.24, 2.45) is 0 Å². The van der Waals surface area contributed by atoms with Crippen LogP contribution >= 0.6 is 0 Å². The summed E-state index contributed by atoms with van der Waals surface area (Å²) in [6, 6.07) is 14.8. The molecule has 0 spiro atoms. The topological polar surface area (TPSA) is 123 Å². The van der Waals surface area contributed by atoms with Crippen LogP contribution in [0.2, 0.25) is 0 Å². The van der Waals surface area contributed by atoms with Crippen LogP contribution in [0.1, 0.15) is 12.1 Å². The number of pyridine rings is 1. The molecule has 10 heteroatoms. The SMILES string of the molecule is COc1ccc2c(c1)c(CCC(=O)O)nn2S(=O)(=O)c1ccc(Nc2cccnc2)cc1. The molecule has 0 aliphatic carbocycles. The van der Waals surface area contributed by atoms with Gasteiger partial charge in [0.1, 0.15) is 5.75 Å². The largest absolute Gasteiger partial charge is 0.497 e. The molecule has 164 valence electrons. The maximum absolute atomic E-state index is 13.3. The predicted octanol–water partition coefficient (Wildman–Crippen LogP) is 3.44. The minimum absolute atomic E-state index is 0.0549. The second-order valence-corrected chi connectivity index (χ2v) is 8.73. The number of nitrogens with one attached hydrogen (secondary N) is 1. The van der Waals surface area contributed by atoms with Crippen molar-refractivity contribution in [3.05, 3.63) is 72.7 Å². The summed E-state index contributed by atoms with van der Waals surface area (Å²) in [5.74, 6) is -0.466. The Kier molecular flexibility index (Phi) is 5.78. The Labute approximate surface area is 184 Å². The highest BCUT2D eigenvalue weighted by molar-refractivity contribution is 7.90. The van der Waals surface area contributed by atoms with Gasteiger partial charge >= 0.3 is 5.97 Å². The number of rotatable bonds is 8. The number of ether oxygens (including phenoxy) is 1. The van der Waals surface area contributed by atoms with Crippen LogP contribution in [-0.2, 0) is 21.2 Å². The van der Waals surface area contributed by atoms with E-state index in [9.17, 15) is 13.2 Å². The monoisotopic (exact) mass is 452 g/mol. The third-order valence-electron chi connectivity index (χ3n) is 4.84. The lowest BCUT2D eigenvalue weighted by Gasteiger charge is -2.09. The predicted molar refractivity (Wildman–Crippen MR) is 119 cm³/mol. The summed E-state index contributed by atoms with van der Waals surface area (Å²) in [4.78, 5) is 15.1. The second kappa shape index (κ2) is 8.67. The van der Waals surface area contributed by atoms with Crippen molar-refractivity contribution in [2.75, 3.05) is 12.4 Å². The molecule has 9 nitrogen and oxygen atoms in total. The normalized spacial score (nSPS) is 11.4. The summed E-state index contributed by atoms with van der Waals surface area (Å²) in [5.41, 5.74) is 2.20. The van der Waals surface area contributed by atoms with Crippen molar-refractivity contribution in [2.45, 2.75) is 17.7 Å². The van der Waals surface area contributed by atoms with Gasteiger partial charge in [0.05, 0.1) is 41.5 Å². The number of carboxylic acid groups (broad SMARTS) is 1. The van der Waals surface area contributed by atoms with Crippen LogP contribution in [0, 0.1) is 0 Å². The van der Waals surface area contributed by atoms with E-state index in [1.807, 2.05) is 6.07 Å². The fourth-order valence-electron chi connectivity index (χ4n) is 3.26. The van der Waals surface area contributed by atoms with Gasteiger partial charge in [0, 0.05) is 23.7 Å². The van der Waals surface area contributed by atoms with Gasteiger partial charge in [-0.15, -0.1) is 0 Å². The van der Waals surface area contributed by atoms with E-state index in [2.05, 4.69) is 15.4 Å². The van der Waals surface area contributed by atoms with E-state index < -0.39 is 16.0 Å².